The molecule has 2 aliphatic heterocycles. The van der Waals surface area contributed by atoms with E-state index in [1.165, 1.54) is 0 Å². The van der Waals surface area contributed by atoms with Crippen molar-refractivity contribution >= 4 is 23.3 Å². The van der Waals surface area contributed by atoms with Crippen molar-refractivity contribution in [2.75, 3.05) is 36.5 Å². The molecule has 2 heterocycles. The smallest absolute Gasteiger partial charge is 0.329 e. The lowest BCUT2D eigenvalue weighted by molar-refractivity contribution is -0.156. The molecule has 2 N–H and O–H groups in total. The fourth-order valence-electron chi connectivity index (χ4n) is 3.70. The van der Waals surface area contributed by atoms with Crippen LogP contribution in [0.2, 0.25) is 0 Å². The molecule has 28 heavy (non-hydrogen) atoms. The normalized spacial score (nSPS) is 21.9. The van der Waals surface area contributed by atoms with Crippen LogP contribution in [0.15, 0.2) is 42.5 Å². The second kappa shape index (κ2) is 6.92. The summed E-state index contributed by atoms with van der Waals surface area (Å²) in [6, 6.07) is 11.7. The standard InChI is InChI=1S/C21H23N3O4/c1-14-7-8-16(13-15(14)2)24-20(26)22-18-6-4-3-5-17(18)21(24,27)19(25)23-9-11-28-12-10-23/h3-8,13,27H,9-12H2,1-2H3,(H,22,26)/t21-/m1/s1. The number of anilines is 2. The van der Waals surface area contributed by atoms with Crippen molar-refractivity contribution in [2.45, 2.75) is 19.6 Å². The Balaban J connectivity index is 1.88. The molecule has 1 saturated heterocycles. The highest BCUT2D eigenvalue weighted by Crippen LogP contribution is 2.41. The number of aryl methyl sites for hydroxylation is 2. The molecule has 2 aromatic carbocycles. The largest absolute Gasteiger partial charge is 0.378 e. The Labute approximate surface area is 163 Å². The Morgan fingerprint density at radius 3 is 2.54 bits per heavy atom. The molecule has 4 rings (SSSR count). The molecule has 0 spiro atoms. The summed E-state index contributed by atoms with van der Waals surface area (Å²) in [5.41, 5.74) is 1.12. The molecule has 0 aliphatic carbocycles. The first-order chi connectivity index (χ1) is 13.4. The van der Waals surface area contributed by atoms with Crippen LogP contribution in [0.1, 0.15) is 16.7 Å². The number of morpholine rings is 1. The summed E-state index contributed by atoms with van der Waals surface area (Å²) in [4.78, 5) is 29.2. The average Bonchev–Trinajstić information content (AvgIpc) is 2.70. The SMILES string of the molecule is Cc1ccc(N2C(=O)Nc3ccccc3[C@@]2(O)C(=O)N2CCOCC2)cc1C. The molecule has 0 aromatic heterocycles. The maximum absolute atomic E-state index is 13.5. The Bertz CT molecular complexity index is 939. The van der Waals surface area contributed by atoms with Gasteiger partial charge in [-0.15, -0.1) is 0 Å². The van der Waals surface area contributed by atoms with Crippen LogP contribution in [-0.2, 0) is 15.3 Å². The summed E-state index contributed by atoms with van der Waals surface area (Å²) in [5, 5.41) is 14.6. The second-order valence-electron chi connectivity index (χ2n) is 7.16. The predicted molar refractivity (Wildman–Crippen MR) is 105 cm³/mol. The van der Waals surface area contributed by atoms with Crippen molar-refractivity contribution in [2.24, 2.45) is 0 Å². The van der Waals surface area contributed by atoms with Gasteiger partial charge in [0.15, 0.2) is 0 Å². The van der Waals surface area contributed by atoms with Gasteiger partial charge in [-0.1, -0.05) is 24.3 Å². The van der Waals surface area contributed by atoms with Crippen LogP contribution in [-0.4, -0.2) is 48.2 Å². The van der Waals surface area contributed by atoms with E-state index in [4.69, 9.17) is 4.74 Å². The van der Waals surface area contributed by atoms with Crippen molar-refractivity contribution in [3.63, 3.8) is 0 Å². The summed E-state index contributed by atoms with van der Waals surface area (Å²) in [6.07, 6.45) is 0. The quantitative estimate of drug-likeness (QED) is 0.837. The average molecular weight is 381 g/mol. The molecule has 3 amide bonds. The van der Waals surface area contributed by atoms with E-state index in [0.29, 0.717) is 43.2 Å². The zero-order valence-electron chi connectivity index (χ0n) is 15.9. The van der Waals surface area contributed by atoms with E-state index in [1.54, 1.807) is 41.3 Å². The molecule has 2 aliphatic rings. The first-order valence-corrected chi connectivity index (χ1v) is 9.30. The van der Waals surface area contributed by atoms with Gasteiger partial charge in [-0.25, -0.2) is 4.79 Å². The highest BCUT2D eigenvalue weighted by Gasteiger charge is 2.53. The number of fused-ring (bicyclic) bond motifs is 1. The van der Waals surface area contributed by atoms with Crippen LogP contribution in [0, 0.1) is 13.8 Å². The van der Waals surface area contributed by atoms with E-state index in [2.05, 4.69) is 5.32 Å². The number of nitrogens with zero attached hydrogens (tertiary/aromatic N) is 2. The van der Waals surface area contributed by atoms with Crippen LogP contribution in [0.5, 0.6) is 0 Å². The number of carbonyl (C=O) groups is 2. The van der Waals surface area contributed by atoms with Crippen molar-refractivity contribution in [1.29, 1.82) is 0 Å². The lowest BCUT2D eigenvalue weighted by Gasteiger charge is -2.45. The fraction of sp³-hybridized carbons (Fsp3) is 0.333. The van der Waals surface area contributed by atoms with Gasteiger partial charge in [0.05, 0.1) is 18.9 Å². The minimum atomic E-state index is -2.14. The molecule has 146 valence electrons. The lowest BCUT2D eigenvalue weighted by Crippen LogP contribution is -2.64. The number of ether oxygens (including phenoxy) is 1. The Kier molecular flexibility index (Phi) is 4.56. The Hall–Kier alpha value is -2.90. The summed E-state index contributed by atoms with van der Waals surface area (Å²) < 4.78 is 5.33. The summed E-state index contributed by atoms with van der Waals surface area (Å²) in [7, 11) is 0. The Morgan fingerprint density at radius 2 is 1.82 bits per heavy atom. The van der Waals surface area contributed by atoms with Gasteiger partial charge in [-0.2, -0.15) is 0 Å². The van der Waals surface area contributed by atoms with E-state index in [1.807, 2.05) is 19.9 Å². The van der Waals surface area contributed by atoms with Gasteiger partial charge < -0.3 is 20.1 Å². The van der Waals surface area contributed by atoms with Crippen molar-refractivity contribution in [1.82, 2.24) is 4.90 Å². The van der Waals surface area contributed by atoms with Gasteiger partial charge in [0, 0.05) is 24.3 Å². The van der Waals surface area contributed by atoms with Crippen LogP contribution in [0.4, 0.5) is 16.2 Å². The lowest BCUT2D eigenvalue weighted by atomic mass is 9.93. The number of para-hydroxylation sites is 1. The second-order valence-corrected chi connectivity index (χ2v) is 7.16. The summed E-state index contributed by atoms with van der Waals surface area (Å²) >= 11 is 0. The molecular weight excluding hydrogens is 358 g/mol. The zero-order valence-corrected chi connectivity index (χ0v) is 15.9. The third-order valence-corrected chi connectivity index (χ3v) is 5.42. The molecule has 2 aromatic rings. The molecule has 1 atom stereocenters. The van der Waals surface area contributed by atoms with Gasteiger partial charge in [0.25, 0.3) is 11.6 Å². The predicted octanol–water partition coefficient (Wildman–Crippen LogP) is 2.36. The highest BCUT2D eigenvalue weighted by molar-refractivity contribution is 6.11. The third-order valence-electron chi connectivity index (χ3n) is 5.42. The van der Waals surface area contributed by atoms with Gasteiger partial charge in [-0.05, 0) is 43.2 Å². The highest BCUT2D eigenvalue weighted by atomic mass is 16.5. The van der Waals surface area contributed by atoms with Crippen LogP contribution < -0.4 is 10.2 Å². The number of nitrogens with one attached hydrogen (secondary N) is 1. The topological polar surface area (TPSA) is 82.1 Å². The monoisotopic (exact) mass is 381 g/mol. The summed E-state index contributed by atoms with van der Waals surface area (Å²) in [6.45, 7) is 5.43. The minimum Gasteiger partial charge on any atom is -0.378 e. The Morgan fingerprint density at radius 1 is 1.11 bits per heavy atom. The molecule has 1 fully saturated rings. The van der Waals surface area contributed by atoms with E-state index in [9.17, 15) is 14.7 Å². The molecule has 0 unspecified atom stereocenters. The number of hydrogen-bond donors (Lipinski definition) is 2. The van der Waals surface area contributed by atoms with E-state index >= 15 is 0 Å². The number of aliphatic hydroxyl groups is 1. The van der Waals surface area contributed by atoms with E-state index < -0.39 is 17.7 Å². The number of carbonyl (C=O) groups excluding carboxylic acids is 2. The molecule has 0 saturated carbocycles. The van der Waals surface area contributed by atoms with Crippen molar-refractivity contribution in [3.8, 4) is 0 Å². The maximum Gasteiger partial charge on any atom is 0.329 e. The maximum atomic E-state index is 13.5. The van der Waals surface area contributed by atoms with Crippen molar-refractivity contribution < 1.29 is 19.4 Å². The number of hydrogen-bond acceptors (Lipinski definition) is 4. The van der Waals surface area contributed by atoms with Gasteiger partial charge in [0.1, 0.15) is 0 Å². The molecule has 7 nitrogen and oxygen atoms in total. The minimum absolute atomic E-state index is 0.351. The third kappa shape index (κ3) is 2.83. The summed E-state index contributed by atoms with van der Waals surface area (Å²) in [5.74, 6) is -0.531. The van der Waals surface area contributed by atoms with Gasteiger partial charge in [-0.3, -0.25) is 9.69 Å². The van der Waals surface area contributed by atoms with E-state index in [0.717, 1.165) is 16.0 Å². The molecule has 7 heteroatoms. The van der Waals surface area contributed by atoms with Crippen LogP contribution in [0.25, 0.3) is 0 Å². The number of rotatable bonds is 2. The zero-order chi connectivity index (χ0) is 19.9. The molecular formula is C21H23N3O4. The fourth-order valence-corrected chi connectivity index (χ4v) is 3.70. The first kappa shape index (κ1) is 18.5. The molecule has 0 radical (unpaired) electrons. The van der Waals surface area contributed by atoms with E-state index in [-0.39, 0.29) is 0 Å². The van der Waals surface area contributed by atoms with Gasteiger partial charge in [0.2, 0.25) is 0 Å². The number of amides is 3. The van der Waals surface area contributed by atoms with Crippen LogP contribution >= 0.6 is 0 Å². The first-order valence-electron chi connectivity index (χ1n) is 9.30. The number of urea groups is 1. The van der Waals surface area contributed by atoms with Gasteiger partial charge >= 0.3 is 6.03 Å². The molecule has 0 bridgehead atoms. The number of benzene rings is 2. The van der Waals surface area contributed by atoms with Crippen molar-refractivity contribution in [3.05, 3.63) is 59.2 Å². The van der Waals surface area contributed by atoms with Crippen LogP contribution in [0.3, 0.4) is 0 Å².